The zero-order chi connectivity index (χ0) is 5.21. The molecule has 8 heteroatoms. The second-order valence-corrected chi connectivity index (χ2v) is 2.42. The average Bonchev–Trinajstić information content (AvgIpc) is 1.35. The van der Waals surface area contributed by atoms with Crippen LogP contribution in [0.5, 0.6) is 0 Å². The van der Waals surface area contributed by atoms with E-state index in [0.717, 1.165) is 0 Å². The summed E-state index contributed by atoms with van der Waals surface area (Å²) in [6.07, 6.45) is 0. The van der Waals surface area contributed by atoms with Gasteiger partial charge in [0.25, 0.3) is 0 Å². The predicted octanol–water partition coefficient (Wildman–Crippen LogP) is -1.74. The van der Waals surface area contributed by atoms with Crippen LogP contribution < -0.4 is 0 Å². The normalized spacial score (nSPS) is 9.00. The van der Waals surface area contributed by atoms with Gasteiger partial charge in [-0.25, -0.2) is 3.98 Å². The standard InChI is InChI=1S/Ca.ClH3O4Si.Mg.4H/c;1-5-6(2,3)4;;;;;/h;2-4H;;;;;/q+2;;+2;4*-1. The molecule has 0 heterocycles. The van der Waals surface area contributed by atoms with Crippen LogP contribution in [0.2, 0.25) is 0 Å². The second kappa shape index (κ2) is 7.48. The van der Waals surface area contributed by atoms with Crippen LogP contribution >= 0.6 is 11.9 Å². The fourth-order valence-corrected chi connectivity index (χ4v) is 0. The van der Waals surface area contributed by atoms with Gasteiger partial charge in [-0.3, -0.25) is 0 Å². The van der Waals surface area contributed by atoms with E-state index < -0.39 is 9.05 Å². The van der Waals surface area contributed by atoms with Crippen LogP contribution in [-0.2, 0) is 3.98 Å². The van der Waals surface area contributed by atoms with Gasteiger partial charge in [0.1, 0.15) is 0 Å². The minimum atomic E-state index is -4.37. The summed E-state index contributed by atoms with van der Waals surface area (Å²) in [7, 11) is -4.37. The molecule has 0 bridgehead atoms. The van der Waals surface area contributed by atoms with E-state index in [0.29, 0.717) is 0 Å². The van der Waals surface area contributed by atoms with E-state index in [-0.39, 0.29) is 66.5 Å². The zero-order valence-corrected chi connectivity index (χ0v) is 9.42. The van der Waals surface area contributed by atoms with Gasteiger partial charge in [-0.05, 0) is 0 Å². The summed E-state index contributed by atoms with van der Waals surface area (Å²) in [5.41, 5.74) is 0. The van der Waals surface area contributed by atoms with Crippen molar-refractivity contribution in [3.05, 3.63) is 0 Å². The van der Waals surface area contributed by atoms with Crippen LogP contribution in [-0.4, -0.2) is 84.2 Å². The Kier molecular flexibility index (Phi) is 15.7. The Morgan fingerprint density at radius 3 is 1.50 bits per heavy atom. The summed E-state index contributed by atoms with van der Waals surface area (Å²) in [5.74, 6) is 0. The molecular weight excluding hydrogens is 192 g/mol. The van der Waals surface area contributed by atoms with Gasteiger partial charge in [-0.1, -0.05) is 0 Å². The first-order valence-electron chi connectivity index (χ1n) is 1.03. The van der Waals surface area contributed by atoms with E-state index in [1.165, 1.54) is 0 Å². The first-order chi connectivity index (χ1) is 2.56. The van der Waals surface area contributed by atoms with Crippen LogP contribution in [0.15, 0.2) is 0 Å². The second-order valence-electron chi connectivity index (χ2n) is 0.651. The molecule has 0 aromatic carbocycles. The number of hydrogen-bond acceptors (Lipinski definition) is 4. The van der Waals surface area contributed by atoms with Gasteiger partial charge in [0.15, 0.2) is 0 Å². The Hall–Kier alpha value is 2.37. The smallest absolute Gasteiger partial charge is 1.00 e. The van der Waals surface area contributed by atoms with E-state index in [9.17, 15) is 0 Å². The molecule has 0 fully saturated rings. The van der Waals surface area contributed by atoms with Gasteiger partial charge in [-0.2, -0.15) is 0 Å². The van der Waals surface area contributed by atoms with Crippen molar-refractivity contribution in [2.75, 3.05) is 0 Å². The largest absolute Gasteiger partial charge is 2.00 e. The Bertz CT molecular complexity index is 56.8. The van der Waals surface area contributed by atoms with Gasteiger partial charge in [0.2, 0.25) is 0 Å². The molecule has 0 spiro atoms. The van der Waals surface area contributed by atoms with E-state index >= 15 is 0 Å². The molecule has 0 aliphatic heterocycles. The molecule has 4 nitrogen and oxygen atoms in total. The molecule has 0 aliphatic carbocycles. The predicted molar refractivity (Wildman–Crippen MR) is 35.3 cm³/mol. The Morgan fingerprint density at radius 1 is 1.38 bits per heavy atom. The van der Waals surface area contributed by atoms with Gasteiger partial charge in [0.05, 0.1) is 11.9 Å². The molecule has 0 unspecified atom stereocenters. The fraction of sp³-hybridized carbons (Fsp3) is 0. The average molecular weight is 199 g/mol. The van der Waals surface area contributed by atoms with Gasteiger partial charge >= 0.3 is 69.8 Å². The SMILES string of the molecule is O[Si](O)(O)OCl.[Ca+2].[H-].[H-].[H-].[H-].[Mg+2]. The first-order valence-corrected chi connectivity index (χ1v) is 3.09. The number of hydrogen-bond donors (Lipinski definition) is 3. The zero-order valence-electron chi connectivity index (χ0n) is 8.04. The number of halogens is 1. The Morgan fingerprint density at radius 2 is 1.50 bits per heavy atom. The maximum atomic E-state index is 7.72. The first kappa shape index (κ1) is 16.8. The van der Waals surface area contributed by atoms with Crippen molar-refractivity contribution in [3.63, 3.8) is 0 Å². The summed E-state index contributed by atoms with van der Waals surface area (Å²) in [4.78, 5) is 23.2. The fourth-order valence-electron chi connectivity index (χ4n) is 0. The van der Waals surface area contributed by atoms with Gasteiger partial charge < -0.3 is 20.1 Å². The summed E-state index contributed by atoms with van der Waals surface area (Å²) in [6.45, 7) is 0. The minimum Gasteiger partial charge on any atom is -1.00 e. The Labute approximate surface area is 105 Å². The van der Waals surface area contributed by atoms with E-state index in [2.05, 4.69) is 15.8 Å². The Balaban J connectivity index is -0.00000000833. The molecule has 3 N–H and O–H groups in total. The van der Waals surface area contributed by atoms with Crippen molar-refractivity contribution in [1.29, 1.82) is 0 Å². The molecule has 0 atom stereocenters. The monoisotopic (exact) mass is 198 g/mol. The minimum absolute atomic E-state index is 0. The van der Waals surface area contributed by atoms with Crippen molar-refractivity contribution in [2.24, 2.45) is 0 Å². The summed E-state index contributed by atoms with van der Waals surface area (Å²) in [6, 6.07) is 0. The topological polar surface area (TPSA) is 69.9 Å². The molecule has 0 aromatic rings. The molecule has 8 heavy (non-hydrogen) atoms. The third kappa shape index (κ3) is 15.8. The van der Waals surface area contributed by atoms with Crippen LogP contribution in [0.1, 0.15) is 5.71 Å². The molecule has 0 radical (unpaired) electrons. The van der Waals surface area contributed by atoms with Crippen molar-refractivity contribution in [1.82, 2.24) is 0 Å². The molecule has 0 rings (SSSR count). The van der Waals surface area contributed by atoms with Crippen molar-refractivity contribution >= 4 is 81.7 Å². The molecule has 0 saturated heterocycles. The molecule has 0 amide bonds. The third-order valence-electron chi connectivity index (χ3n) is 0.104. The molecule has 0 aliphatic rings. The molecular formula is H7CaClMgO4Si. The maximum absolute atomic E-state index is 7.72. The summed E-state index contributed by atoms with van der Waals surface area (Å²) >= 11 is 4.29. The summed E-state index contributed by atoms with van der Waals surface area (Å²) < 4.78 is 3.22. The van der Waals surface area contributed by atoms with Crippen molar-refractivity contribution < 1.29 is 24.1 Å². The van der Waals surface area contributed by atoms with Gasteiger partial charge in [0, 0.05) is 0 Å². The van der Waals surface area contributed by atoms with Crippen molar-refractivity contribution in [2.45, 2.75) is 0 Å². The van der Waals surface area contributed by atoms with Crippen LogP contribution in [0.3, 0.4) is 0 Å². The quantitative estimate of drug-likeness (QED) is 0.438. The molecule has 46 valence electrons. The van der Waals surface area contributed by atoms with Crippen molar-refractivity contribution in [3.8, 4) is 0 Å². The molecule has 0 aromatic heterocycles. The van der Waals surface area contributed by atoms with E-state index in [1.54, 1.807) is 0 Å². The van der Waals surface area contributed by atoms with Gasteiger partial charge in [-0.15, -0.1) is 0 Å². The van der Waals surface area contributed by atoms with Crippen LogP contribution in [0.4, 0.5) is 0 Å². The van der Waals surface area contributed by atoms with E-state index in [1.807, 2.05) is 0 Å². The maximum Gasteiger partial charge on any atom is 2.00 e. The number of rotatable bonds is 1. The third-order valence-corrected chi connectivity index (χ3v) is 0.932. The van der Waals surface area contributed by atoms with Crippen LogP contribution in [0, 0.1) is 0 Å². The molecule has 0 saturated carbocycles. The van der Waals surface area contributed by atoms with E-state index in [4.69, 9.17) is 14.4 Å². The van der Waals surface area contributed by atoms with Crippen LogP contribution in [0.25, 0.3) is 0 Å². The summed E-state index contributed by atoms with van der Waals surface area (Å²) in [5, 5.41) is 0.